The number of nitrogens with zero attached hydrogens (tertiary/aromatic N) is 3. The number of aromatic nitrogens is 4. The zero-order chi connectivity index (χ0) is 15.8. The molecule has 0 aliphatic carbocycles. The number of benzene rings is 2. The van der Waals surface area contributed by atoms with Crippen molar-refractivity contribution < 1.29 is 0 Å². The molecule has 4 rings (SSSR count). The molecular formula is C18H17N5. The van der Waals surface area contributed by atoms with Crippen LogP contribution in [-0.4, -0.2) is 20.2 Å². The van der Waals surface area contributed by atoms with E-state index in [-0.39, 0.29) is 0 Å². The van der Waals surface area contributed by atoms with Crippen LogP contribution in [0.2, 0.25) is 0 Å². The van der Waals surface area contributed by atoms with Gasteiger partial charge in [0.25, 0.3) is 0 Å². The molecule has 0 amide bonds. The number of anilines is 1. The third-order valence-corrected chi connectivity index (χ3v) is 4.07. The van der Waals surface area contributed by atoms with Gasteiger partial charge in [0.15, 0.2) is 5.65 Å². The van der Waals surface area contributed by atoms with Gasteiger partial charge in [-0.2, -0.15) is 4.98 Å². The number of rotatable bonds is 3. The first-order valence-corrected chi connectivity index (χ1v) is 7.62. The number of aryl methyl sites for hydroxylation is 2. The Bertz CT molecular complexity index is 1000. The summed E-state index contributed by atoms with van der Waals surface area (Å²) < 4.78 is 0. The first-order valence-electron chi connectivity index (χ1n) is 7.62. The molecule has 0 saturated heterocycles. The summed E-state index contributed by atoms with van der Waals surface area (Å²) in [5.74, 6) is 0.532. The molecule has 0 atom stereocenters. The summed E-state index contributed by atoms with van der Waals surface area (Å²) in [5, 5.41) is 12.9. The standard InChI is InChI=1S/C18H17N5/c1-11-7-8-15-14(9-11)16-17(20-15)21-18(23-22-16)19-10-13-6-4-3-5-12(13)2/h3-9H,10H2,1-2H3,(H2,19,20,21,23). The molecule has 0 fully saturated rings. The van der Waals surface area contributed by atoms with Gasteiger partial charge >= 0.3 is 0 Å². The molecule has 4 aromatic rings. The highest BCUT2D eigenvalue weighted by atomic mass is 15.2. The topological polar surface area (TPSA) is 66.5 Å². The second-order valence-corrected chi connectivity index (χ2v) is 5.79. The number of aromatic amines is 1. The van der Waals surface area contributed by atoms with Crippen molar-refractivity contribution in [3.63, 3.8) is 0 Å². The summed E-state index contributed by atoms with van der Waals surface area (Å²) in [7, 11) is 0. The van der Waals surface area contributed by atoms with Crippen LogP contribution in [0.4, 0.5) is 5.95 Å². The highest BCUT2D eigenvalue weighted by molar-refractivity contribution is 6.03. The van der Waals surface area contributed by atoms with Gasteiger partial charge in [-0.15, -0.1) is 10.2 Å². The fourth-order valence-electron chi connectivity index (χ4n) is 2.74. The SMILES string of the molecule is Cc1ccc2[nH]c3nc(NCc4ccccc4C)nnc3c2c1. The second kappa shape index (κ2) is 5.35. The molecule has 23 heavy (non-hydrogen) atoms. The summed E-state index contributed by atoms with van der Waals surface area (Å²) in [4.78, 5) is 7.85. The maximum atomic E-state index is 4.55. The summed E-state index contributed by atoms with van der Waals surface area (Å²) in [5.41, 5.74) is 6.27. The van der Waals surface area contributed by atoms with E-state index < -0.39 is 0 Å². The van der Waals surface area contributed by atoms with Crippen molar-refractivity contribution in [3.8, 4) is 0 Å². The third kappa shape index (κ3) is 2.50. The largest absolute Gasteiger partial charge is 0.349 e. The molecule has 2 heterocycles. The van der Waals surface area contributed by atoms with Crippen molar-refractivity contribution in [2.24, 2.45) is 0 Å². The Morgan fingerprint density at radius 2 is 1.91 bits per heavy atom. The smallest absolute Gasteiger partial charge is 0.245 e. The van der Waals surface area contributed by atoms with Gasteiger partial charge in [0, 0.05) is 17.4 Å². The van der Waals surface area contributed by atoms with Crippen LogP contribution in [0.1, 0.15) is 16.7 Å². The van der Waals surface area contributed by atoms with Gasteiger partial charge in [-0.3, -0.25) is 0 Å². The maximum Gasteiger partial charge on any atom is 0.245 e. The van der Waals surface area contributed by atoms with Crippen LogP contribution in [0, 0.1) is 13.8 Å². The molecule has 0 radical (unpaired) electrons. The maximum absolute atomic E-state index is 4.55. The Kier molecular flexibility index (Phi) is 3.19. The van der Waals surface area contributed by atoms with Crippen LogP contribution < -0.4 is 5.32 Å². The van der Waals surface area contributed by atoms with Gasteiger partial charge in [0.2, 0.25) is 5.95 Å². The van der Waals surface area contributed by atoms with E-state index in [1.54, 1.807) is 0 Å². The predicted octanol–water partition coefficient (Wildman–Crippen LogP) is 3.74. The minimum absolute atomic E-state index is 0.532. The average molecular weight is 303 g/mol. The summed E-state index contributed by atoms with van der Waals surface area (Å²) in [6.07, 6.45) is 0. The van der Waals surface area contributed by atoms with Gasteiger partial charge in [-0.25, -0.2) is 0 Å². The molecule has 0 bridgehead atoms. The molecule has 0 spiro atoms. The summed E-state index contributed by atoms with van der Waals surface area (Å²) in [6.45, 7) is 4.84. The minimum Gasteiger partial charge on any atom is -0.349 e. The van der Waals surface area contributed by atoms with E-state index in [0.29, 0.717) is 12.5 Å². The fourth-order valence-corrected chi connectivity index (χ4v) is 2.74. The van der Waals surface area contributed by atoms with Crippen molar-refractivity contribution in [3.05, 3.63) is 59.2 Å². The van der Waals surface area contributed by atoms with Crippen LogP contribution in [0.15, 0.2) is 42.5 Å². The van der Waals surface area contributed by atoms with Crippen molar-refractivity contribution in [1.29, 1.82) is 0 Å². The summed E-state index contributed by atoms with van der Waals surface area (Å²) >= 11 is 0. The molecule has 5 nitrogen and oxygen atoms in total. The van der Waals surface area contributed by atoms with E-state index in [4.69, 9.17) is 0 Å². The van der Waals surface area contributed by atoms with E-state index in [0.717, 1.165) is 22.1 Å². The van der Waals surface area contributed by atoms with Gasteiger partial charge in [0.1, 0.15) is 5.52 Å². The van der Waals surface area contributed by atoms with Crippen molar-refractivity contribution >= 4 is 28.0 Å². The summed E-state index contributed by atoms with van der Waals surface area (Å²) in [6, 6.07) is 14.5. The zero-order valence-corrected chi connectivity index (χ0v) is 13.1. The van der Waals surface area contributed by atoms with Crippen LogP contribution in [0.5, 0.6) is 0 Å². The highest BCUT2D eigenvalue weighted by Gasteiger charge is 2.09. The molecular weight excluding hydrogens is 286 g/mol. The van der Waals surface area contributed by atoms with Crippen LogP contribution >= 0.6 is 0 Å². The van der Waals surface area contributed by atoms with Crippen LogP contribution in [0.25, 0.3) is 22.1 Å². The lowest BCUT2D eigenvalue weighted by atomic mass is 10.1. The first kappa shape index (κ1) is 13.7. The third-order valence-electron chi connectivity index (χ3n) is 4.07. The van der Waals surface area contributed by atoms with Crippen molar-refractivity contribution in [2.75, 3.05) is 5.32 Å². The molecule has 2 aromatic carbocycles. The molecule has 0 aliphatic rings. The number of H-pyrrole nitrogens is 1. The molecule has 5 heteroatoms. The van der Waals surface area contributed by atoms with Gasteiger partial charge in [-0.1, -0.05) is 35.9 Å². The number of fused-ring (bicyclic) bond motifs is 3. The Morgan fingerprint density at radius 1 is 1.04 bits per heavy atom. The lowest BCUT2D eigenvalue weighted by molar-refractivity contribution is 0.979. The minimum atomic E-state index is 0.532. The van der Waals surface area contributed by atoms with Gasteiger partial charge in [0.05, 0.1) is 0 Å². The normalized spacial score (nSPS) is 11.2. The molecule has 114 valence electrons. The Labute approximate surface area is 133 Å². The average Bonchev–Trinajstić information content (AvgIpc) is 2.91. The lowest BCUT2D eigenvalue weighted by Crippen LogP contribution is -2.05. The molecule has 0 aliphatic heterocycles. The van der Waals surface area contributed by atoms with Crippen molar-refractivity contribution in [1.82, 2.24) is 20.2 Å². The number of nitrogens with one attached hydrogen (secondary N) is 2. The van der Waals surface area contributed by atoms with E-state index >= 15 is 0 Å². The Morgan fingerprint density at radius 3 is 2.78 bits per heavy atom. The molecule has 0 unspecified atom stereocenters. The monoisotopic (exact) mass is 303 g/mol. The Hall–Kier alpha value is -2.95. The number of hydrogen-bond donors (Lipinski definition) is 2. The van der Waals surface area contributed by atoms with Crippen LogP contribution in [-0.2, 0) is 6.54 Å². The first-order chi connectivity index (χ1) is 11.2. The van der Waals surface area contributed by atoms with E-state index in [9.17, 15) is 0 Å². The quantitative estimate of drug-likeness (QED) is 0.605. The molecule has 2 N–H and O–H groups in total. The van der Waals surface area contributed by atoms with Gasteiger partial charge < -0.3 is 10.3 Å². The van der Waals surface area contributed by atoms with E-state index in [1.807, 2.05) is 12.1 Å². The van der Waals surface area contributed by atoms with Crippen molar-refractivity contribution in [2.45, 2.75) is 20.4 Å². The number of hydrogen-bond acceptors (Lipinski definition) is 4. The fraction of sp³-hybridized carbons (Fsp3) is 0.167. The zero-order valence-electron chi connectivity index (χ0n) is 13.1. The van der Waals surface area contributed by atoms with E-state index in [1.165, 1.54) is 16.7 Å². The predicted molar refractivity (Wildman–Crippen MR) is 92.4 cm³/mol. The van der Waals surface area contributed by atoms with Crippen LogP contribution in [0.3, 0.4) is 0 Å². The molecule has 2 aromatic heterocycles. The Balaban J connectivity index is 1.66. The van der Waals surface area contributed by atoms with E-state index in [2.05, 4.69) is 69.7 Å². The highest BCUT2D eigenvalue weighted by Crippen LogP contribution is 2.23. The second-order valence-electron chi connectivity index (χ2n) is 5.79. The molecule has 0 saturated carbocycles. The lowest BCUT2D eigenvalue weighted by Gasteiger charge is -2.06. The van der Waals surface area contributed by atoms with Gasteiger partial charge in [-0.05, 0) is 37.1 Å².